The molecule has 1 aromatic carbocycles. The molecule has 140 valence electrons. The molecule has 0 unspecified atom stereocenters. The minimum absolute atomic E-state index is 0.656. The summed E-state index contributed by atoms with van der Waals surface area (Å²) in [6.45, 7) is 7.20. The van der Waals surface area contributed by atoms with E-state index in [1.807, 2.05) is 23.7 Å². The summed E-state index contributed by atoms with van der Waals surface area (Å²) < 4.78 is 5.73. The molecule has 0 bridgehead atoms. The maximum Gasteiger partial charge on any atom is 0.191 e. The summed E-state index contributed by atoms with van der Waals surface area (Å²) in [6.07, 6.45) is 3.80. The zero-order chi connectivity index (χ0) is 18.2. The van der Waals surface area contributed by atoms with Gasteiger partial charge in [-0.3, -0.25) is 4.99 Å². The molecule has 0 radical (unpaired) electrons. The topological polar surface area (TPSA) is 67.0 Å². The Bertz CT molecular complexity index is 678. The number of guanidine groups is 1. The standard InChI is InChI=1S/C19H27N5OS/c1-16-4-6-17(7-5-16)25-14-3-2-8-21-18(20)23-10-12-24(13-11-23)19-22-9-15-26-19/h4-7,9,15H,2-3,8,10-14H2,1H3,(H2,20,21). The third-order valence-corrected chi connectivity index (χ3v) is 5.24. The summed E-state index contributed by atoms with van der Waals surface area (Å²) >= 11 is 1.68. The van der Waals surface area contributed by atoms with Gasteiger partial charge >= 0.3 is 0 Å². The molecule has 26 heavy (non-hydrogen) atoms. The Kier molecular flexibility index (Phi) is 6.71. The lowest BCUT2D eigenvalue weighted by molar-refractivity contribution is 0.307. The second-order valence-corrected chi connectivity index (χ2v) is 7.27. The number of hydrogen-bond donors (Lipinski definition) is 1. The van der Waals surface area contributed by atoms with Crippen LogP contribution in [0.4, 0.5) is 5.13 Å². The second-order valence-electron chi connectivity index (χ2n) is 6.40. The van der Waals surface area contributed by atoms with E-state index in [9.17, 15) is 0 Å². The van der Waals surface area contributed by atoms with Gasteiger partial charge in [-0.2, -0.15) is 0 Å². The molecule has 1 aliphatic rings. The van der Waals surface area contributed by atoms with E-state index in [1.54, 1.807) is 11.3 Å². The van der Waals surface area contributed by atoms with Crippen LogP contribution >= 0.6 is 11.3 Å². The number of ether oxygens (including phenoxy) is 1. The zero-order valence-corrected chi connectivity index (χ0v) is 16.1. The van der Waals surface area contributed by atoms with Gasteiger partial charge in [0, 0.05) is 44.3 Å². The van der Waals surface area contributed by atoms with Crippen molar-refractivity contribution in [2.24, 2.45) is 10.7 Å². The molecule has 3 rings (SSSR count). The van der Waals surface area contributed by atoms with Crippen LogP contribution in [0.1, 0.15) is 18.4 Å². The van der Waals surface area contributed by atoms with Crippen molar-refractivity contribution in [1.29, 1.82) is 0 Å². The number of aromatic nitrogens is 1. The molecule has 1 fully saturated rings. The average molecular weight is 374 g/mol. The lowest BCUT2D eigenvalue weighted by Gasteiger charge is -2.35. The number of piperazine rings is 1. The fraction of sp³-hybridized carbons (Fsp3) is 0.474. The highest BCUT2D eigenvalue weighted by Gasteiger charge is 2.19. The van der Waals surface area contributed by atoms with Gasteiger partial charge in [-0.05, 0) is 31.9 Å². The quantitative estimate of drug-likeness (QED) is 0.459. The number of aryl methyl sites for hydroxylation is 1. The van der Waals surface area contributed by atoms with Crippen LogP contribution in [0.5, 0.6) is 5.75 Å². The van der Waals surface area contributed by atoms with Crippen LogP contribution in [0.3, 0.4) is 0 Å². The minimum atomic E-state index is 0.656. The summed E-state index contributed by atoms with van der Waals surface area (Å²) in [6, 6.07) is 8.15. The lowest BCUT2D eigenvalue weighted by atomic mass is 10.2. The molecule has 2 N–H and O–H groups in total. The van der Waals surface area contributed by atoms with E-state index in [-0.39, 0.29) is 0 Å². The number of anilines is 1. The normalized spacial score (nSPS) is 15.3. The number of nitrogens with two attached hydrogens (primary N) is 1. The smallest absolute Gasteiger partial charge is 0.191 e. The predicted molar refractivity (Wildman–Crippen MR) is 108 cm³/mol. The number of benzene rings is 1. The molecule has 0 amide bonds. The SMILES string of the molecule is Cc1ccc(OCCCCN=C(N)N2CCN(c3nccs3)CC2)cc1. The Morgan fingerprint density at radius 3 is 2.65 bits per heavy atom. The van der Waals surface area contributed by atoms with Crippen LogP contribution < -0.4 is 15.4 Å². The van der Waals surface area contributed by atoms with E-state index in [4.69, 9.17) is 10.5 Å². The van der Waals surface area contributed by atoms with Gasteiger partial charge in [-0.1, -0.05) is 17.7 Å². The van der Waals surface area contributed by atoms with Crippen molar-refractivity contribution in [2.45, 2.75) is 19.8 Å². The molecule has 2 heterocycles. The van der Waals surface area contributed by atoms with E-state index in [0.717, 1.165) is 56.4 Å². The molecule has 6 nitrogen and oxygen atoms in total. The highest BCUT2D eigenvalue weighted by Crippen LogP contribution is 2.18. The van der Waals surface area contributed by atoms with Gasteiger partial charge in [-0.15, -0.1) is 11.3 Å². The van der Waals surface area contributed by atoms with Gasteiger partial charge in [0.25, 0.3) is 0 Å². The first-order valence-electron chi connectivity index (χ1n) is 9.11. The Labute approximate surface area is 159 Å². The van der Waals surface area contributed by atoms with Gasteiger partial charge in [0.15, 0.2) is 11.1 Å². The van der Waals surface area contributed by atoms with Crippen LogP contribution in [0.25, 0.3) is 0 Å². The van der Waals surface area contributed by atoms with Crippen molar-refractivity contribution in [3.05, 3.63) is 41.4 Å². The van der Waals surface area contributed by atoms with Gasteiger partial charge in [-0.25, -0.2) is 4.98 Å². The van der Waals surface area contributed by atoms with E-state index < -0.39 is 0 Å². The Morgan fingerprint density at radius 2 is 1.96 bits per heavy atom. The monoisotopic (exact) mass is 373 g/mol. The molecule has 1 aliphatic heterocycles. The predicted octanol–water partition coefficient (Wildman–Crippen LogP) is 2.75. The summed E-state index contributed by atoms with van der Waals surface area (Å²) in [4.78, 5) is 13.4. The Hall–Kier alpha value is -2.28. The lowest BCUT2D eigenvalue weighted by Crippen LogP contribution is -2.51. The summed E-state index contributed by atoms with van der Waals surface area (Å²) in [5, 5.41) is 3.11. The molecule has 1 aromatic heterocycles. The van der Waals surface area contributed by atoms with E-state index >= 15 is 0 Å². The molecule has 1 saturated heterocycles. The molecule has 2 aromatic rings. The number of unbranched alkanes of at least 4 members (excludes halogenated alkanes) is 1. The van der Waals surface area contributed by atoms with Crippen LogP contribution in [-0.4, -0.2) is 55.2 Å². The van der Waals surface area contributed by atoms with E-state index in [2.05, 4.69) is 38.8 Å². The van der Waals surface area contributed by atoms with E-state index in [1.165, 1.54) is 5.56 Å². The molecule has 0 saturated carbocycles. The number of nitrogens with zero attached hydrogens (tertiary/aromatic N) is 4. The first-order chi connectivity index (χ1) is 12.7. The largest absolute Gasteiger partial charge is 0.494 e. The van der Waals surface area contributed by atoms with Crippen molar-refractivity contribution >= 4 is 22.4 Å². The second kappa shape index (κ2) is 9.43. The number of aliphatic imine (C=N–C) groups is 1. The molecular formula is C19H27N5OS. The third kappa shape index (κ3) is 5.36. The third-order valence-electron chi connectivity index (χ3n) is 4.41. The van der Waals surface area contributed by atoms with Crippen LogP contribution in [0.2, 0.25) is 0 Å². The van der Waals surface area contributed by atoms with Gasteiger partial charge in [0.05, 0.1) is 6.61 Å². The maximum absolute atomic E-state index is 6.15. The van der Waals surface area contributed by atoms with Crippen molar-refractivity contribution in [3.8, 4) is 5.75 Å². The van der Waals surface area contributed by atoms with Crippen molar-refractivity contribution in [1.82, 2.24) is 9.88 Å². The van der Waals surface area contributed by atoms with Crippen molar-refractivity contribution in [3.63, 3.8) is 0 Å². The molecular weight excluding hydrogens is 346 g/mol. The number of thiazole rings is 1. The Balaban J connectivity index is 1.31. The highest BCUT2D eigenvalue weighted by molar-refractivity contribution is 7.13. The number of rotatable bonds is 7. The fourth-order valence-corrected chi connectivity index (χ4v) is 3.53. The molecule has 7 heteroatoms. The van der Waals surface area contributed by atoms with Gasteiger partial charge < -0.3 is 20.3 Å². The molecule has 0 atom stereocenters. The number of hydrogen-bond acceptors (Lipinski definition) is 5. The van der Waals surface area contributed by atoms with Crippen molar-refractivity contribution in [2.75, 3.05) is 44.2 Å². The zero-order valence-electron chi connectivity index (χ0n) is 15.3. The highest BCUT2D eigenvalue weighted by atomic mass is 32.1. The van der Waals surface area contributed by atoms with Crippen LogP contribution in [0, 0.1) is 6.92 Å². The fourth-order valence-electron chi connectivity index (χ4n) is 2.83. The first-order valence-corrected chi connectivity index (χ1v) is 9.99. The molecule has 0 spiro atoms. The van der Waals surface area contributed by atoms with Crippen molar-refractivity contribution < 1.29 is 4.74 Å². The van der Waals surface area contributed by atoms with Crippen LogP contribution in [0.15, 0.2) is 40.8 Å². The summed E-state index contributed by atoms with van der Waals surface area (Å²) in [7, 11) is 0. The van der Waals surface area contributed by atoms with Gasteiger partial charge in [0.2, 0.25) is 0 Å². The average Bonchev–Trinajstić information content (AvgIpc) is 3.21. The summed E-state index contributed by atoms with van der Waals surface area (Å²) in [5.41, 5.74) is 7.39. The summed E-state index contributed by atoms with van der Waals surface area (Å²) in [5.74, 6) is 1.58. The molecule has 0 aliphatic carbocycles. The minimum Gasteiger partial charge on any atom is -0.494 e. The van der Waals surface area contributed by atoms with Crippen LogP contribution in [-0.2, 0) is 0 Å². The van der Waals surface area contributed by atoms with Gasteiger partial charge in [0.1, 0.15) is 5.75 Å². The maximum atomic E-state index is 6.15. The van der Waals surface area contributed by atoms with E-state index in [0.29, 0.717) is 12.6 Å². The first kappa shape index (κ1) is 18.5. The Morgan fingerprint density at radius 1 is 1.19 bits per heavy atom.